The van der Waals surface area contributed by atoms with E-state index in [1.54, 1.807) is 12.1 Å². The van der Waals surface area contributed by atoms with Gasteiger partial charge in [-0.25, -0.2) is 8.42 Å². The lowest BCUT2D eigenvalue weighted by Gasteiger charge is -2.01. The van der Waals surface area contributed by atoms with E-state index in [-0.39, 0.29) is 22.0 Å². The Morgan fingerprint density at radius 2 is 1.94 bits per heavy atom. The number of carbonyl (C=O) groups is 1. The normalized spacial score (nSPS) is 11.4. The molecular formula is C12H9BrO4S. The van der Waals surface area contributed by atoms with E-state index in [0.717, 1.165) is 6.26 Å². The lowest BCUT2D eigenvalue weighted by atomic mass is 10.1. The quantitative estimate of drug-likeness (QED) is 0.812. The van der Waals surface area contributed by atoms with Gasteiger partial charge in [-0.3, -0.25) is 4.79 Å². The Bertz CT molecular complexity index is 700. The van der Waals surface area contributed by atoms with Crippen molar-refractivity contribution in [2.24, 2.45) is 0 Å². The van der Waals surface area contributed by atoms with Gasteiger partial charge in [0.25, 0.3) is 0 Å². The number of ketones is 1. The zero-order valence-corrected chi connectivity index (χ0v) is 11.8. The van der Waals surface area contributed by atoms with Crippen molar-refractivity contribution >= 4 is 31.6 Å². The van der Waals surface area contributed by atoms with Crippen LogP contribution >= 0.6 is 15.9 Å². The second kappa shape index (κ2) is 4.70. The molecule has 1 aromatic carbocycles. The predicted molar refractivity (Wildman–Crippen MR) is 69.4 cm³/mol. The molecule has 2 rings (SSSR count). The van der Waals surface area contributed by atoms with Crippen LogP contribution in [0.25, 0.3) is 0 Å². The second-order valence-corrected chi connectivity index (χ2v) is 6.53. The highest BCUT2D eigenvalue weighted by molar-refractivity contribution is 9.10. The van der Waals surface area contributed by atoms with Gasteiger partial charge < -0.3 is 4.42 Å². The van der Waals surface area contributed by atoms with Crippen LogP contribution in [-0.4, -0.2) is 20.5 Å². The van der Waals surface area contributed by atoms with E-state index in [0.29, 0.717) is 4.67 Å². The first-order chi connectivity index (χ1) is 8.38. The summed E-state index contributed by atoms with van der Waals surface area (Å²) in [4.78, 5) is 12.1. The number of rotatable bonds is 3. The Labute approximate surface area is 113 Å². The fourth-order valence-electron chi connectivity index (χ4n) is 1.45. The molecule has 4 nitrogen and oxygen atoms in total. The van der Waals surface area contributed by atoms with Crippen molar-refractivity contribution in [3.63, 3.8) is 0 Å². The van der Waals surface area contributed by atoms with E-state index in [1.165, 1.54) is 24.3 Å². The number of halogens is 1. The highest BCUT2D eigenvalue weighted by atomic mass is 79.9. The lowest BCUT2D eigenvalue weighted by Crippen LogP contribution is -2.03. The fourth-order valence-corrected chi connectivity index (χ4v) is 2.42. The minimum Gasteiger partial charge on any atom is -0.446 e. The highest BCUT2D eigenvalue weighted by Crippen LogP contribution is 2.19. The van der Waals surface area contributed by atoms with Gasteiger partial charge in [0.2, 0.25) is 5.78 Å². The van der Waals surface area contributed by atoms with E-state index in [4.69, 9.17) is 4.42 Å². The second-order valence-electron chi connectivity index (χ2n) is 3.73. The third-order valence-electron chi connectivity index (χ3n) is 2.32. The van der Waals surface area contributed by atoms with Gasteiger partial charge in [-0.05, 0) is 40.2 Å². The molecule has 1 aromatic heterocycles. The van der Waals surface area contributed by atoms with Crippen LogP contribution in [0.2, 0.25) is 0 Å². The summed E-state index contributed by atoms with van der Waals surface area (Å²) in [7, 11) is -3.33. The monoisotopic (exact) mass is 328 g/mol. The first-order valence-electron chi connectivity index (χ1n) is 4.98. The molecule has 94 valence electrons. The number of furan rings is 1. The molecule has 0 fully saturated rings. The summed E-state index contributed by atoms with van der Waals surface area (Å²) in [6.45, 7) is 0. The fraction of sp³-hybridized carbons (Fsp3) is 0.0833. The van der Waals surface area contributed by atoms with E-state index < -0.39 is 9.84 Å². The molecule has 0 radical (unpaired) electrons. The van der Waals surface area contributed by atoms with Gasteiger partial charge in [-0.2, -0.15) is 0 Å². The molecule has 1 heterocycles. The molecule has 0 bridgehead atoms. The lowest BCUT2D eigenvalue weighted by molar-refractivity contribution is 0.101. The average Bonchev–Trinajstić information content (AvgIpc) is 2.74. The molecule has 0 aliphatic carbocycles. The Kier molecular flexibility index (Phi) is 3.41. The SMILES string of the molecule is CS(=O)(=O)c1cccc(C(=O)c2ccc(Br)o2)c1. The number of benzene rings is 1. The minimum absolute atomic E-state index is 0.110. The van der Waals surface area contributed by atoms with Crippen molar-refractivity contribution < 1.29 is 17.6 Å². The van der Waals surface area contributed by atoms with E-state index in [2.05, 4.69) is 15.9 Å². The third kappa shape index (κ3) is 2.70. The van der Waals surface area contributed by atoms with Crippen LogP contribution in [-0.2, 0) is 9.84 Å². The van der Waals surface area contributed by atoms with Crippen molar-refractivity contribution in [1.29, 1.82) is 0 Å². The maximum atomic E-state index is 12.0. The average molecular weight is 329 g/mol. The van der Waals surface area contributed by atoms with Gasteiger partial charge >= 0.3 is 0 Å². The Hall–Kier alpha value is -1.40. The Morgan fingerprint density at radius 3 is 2.50 bits per heavy atom. The van der Waals surface area contributed by atoms with Crippen LogP contribution in [0.5, 0.6) is 0 Å². The van der Waals surface area contributed by atoms with Crippen LogP contribution in [0.4, 0.5) is 0 Å². The van der Waals surface area contributed by atoms with Crippen LogP contribution in [0, 0.1) is 0 Å². The van der Waals surface area contributed by atoms with Gasteiger partial charge in [0, 0.05) is 11.8 Å². The third-order valence-corrected chi connectivity index (χ3v) is 3.86. The van der Waals surface area contributed by atoms with Gasteiger partial charge in [0.1, 0.15) is 0 Å². The van der Waals surface area contributed by atoms with E-state index in [1.807, 2.05) is 0 Å². The van der Waals surface area contributed by atoms with Crippen molar-refractivity contribution in [1.82, 2.24) is 0 Å². The molecule has 18 heavy (non-hydrogen) atoms. The Morgan fingerprint density at radius 1 is 1.22 bits per heavy atom. The molecule has 0 aliphatic rings. The molecule has 0 atom stereocenters. The van der Waals surface area contributed by atoms with Crippen LogP contribution in [0.15, 0.2) is 50.4 Å². The minimum atomic E-state index is -3.33. The van der Waals surface area contributed by atoms with Gasteiger partial charge in [0.05, 0.1) is 4.90 Å². The predicted octanol–water partition coefficient (Wildman–Crippen LogP) is 2.68. The van der Waals surface area contributed by atoms with Crippen molar-refractivity contribution in [3.8, 4) is 0 Å². The number of sulfone groups is 1. The van der Waals surface area contributed by atoms with Crippen LogP contribution in [0.1, 0.15) is 16.1 Å². The summed E-state index contributed by atoms with van der Waals surface area (Å²) in [6, 6.07) is 9.00. The molecule has 0 saturated heterocycles. The van der Waals surface area contributed by atoms with Gasteiger partial charge in [0.15, 0.2) is 20.3 Å². The first-order valence-corrected chi connectivity index (χ1v) is 7.66. The highest BCUT2D eigenvalue weighted by Gasteiger charge is 2.15. The molecule has 0 N–H and O–H groups in total. The standard InChI is InChI=1S/C12H9BrO4S/c1-18(15,16)9-4-2-3-8(7-9)12(14)10-5-6-11(13)17-10/h2-7H,1H3. The first kappa shape index (κ1) is 13.0. The summed E-state index contributed by atoms with van der Waals surface area (Å²) in [5.41, 5.74) is 0.278. The van der Waals surface area contributed by atoms with Gasteiger partial charge in [-0.1, -0.05) is 12.1 Å². The van der Waals surface area contributed by atoms with E-state index >= 15 is 0 Å². The zero-order chi connectivity index (χ0) is 13.3. The summed E-state index contributed by atoms with van der Waals surface area (Å²) < 4.78 is 28.4. The molecular weight excluding hydrogens is 320 g/mol. The molecule has 0 spiro atoms. The van der Waals surface area contributed by atoms with Gasteiger partial charge in [-0.15, -0.1) is 0 Å². The van der Waals surface area contributed by atoms with Crippen LogP contribution < -0.4 is 0 Å². The molecule has 0 amide bonds. The molecule has 0 aliphatic heterocycles. The van der Waals surface area contributed by atoms with Crippen molar-refractivity contribution in [3.05, 3.63) is 52.4 Å². The summed E-state index contributed by atoms with van der Waals surface area (Å²) in [5, 5.41) is 0. The number of hydrogen-bond donors (Lipinski definition) is 0. The molecule has 6 heteroatoms. The molecule has 2 aromatic rings. The van der Waals surface area contributed by atoms with Crippen molar-refractivity contribution in [2.45, 2.75) is 4.90 Å². The maximum absolute atomic E-state index is 12.0. The molecule has 0 saturated carbocycles. The summed E-state index contributed by atoms with van der Waals surface area (Å²) in [6.07, 6.45) is 1.10. The zero-order valence-electron chi connectivity index (χ0n) is 9.38. The summed E-state index contributed by atoms with van der Waals surface area (Å²) >= 11 is 3.10. The number of carbonyl (C=O) groups excluding carboxylic acids is 1. The van der Waals surface area contributed by atoms with E-state index in [9.17, 15) is 13.2 Å². The Balaban J connectivity index is 2.43. The summed E-state index contributed by atoms with van der Waals surface area (Å²) in [5.74, 6) is -0.196. The maximum Gasteiger partial charge on any atom is 0.228 e. The smallest absolute Gasteiger partial charge is 0.228 e. The number of hydrogen-bond acceptors (Lipinski definition) is 4. The topological polar surface area (TPSA) is 64.3 Å². The van der Waals surface area contributed by atoms with Crippen molar-refractivity contribution in [2.75, 3.05) is 6.26 Å². The largest absolute Gasteiger partial charge is 0.446 e. The molecule has 0 unspecified atom stereocenters. The van der Waals surface area contributed by atoms with Crippen LogP contribution in [0.3, 0.4) is 0 Å².